The highest BCUT2D eigenvalue weighted by Crippen LogP contribution is 2.38. The van der Waals surface area contributed by atoms with Gasteiger partial charge in [0.05, 0.1) is 11.3 Å². The monoisotopic (exact) mass is 187 g/mol. The maximum absolute atomic E-state index is 11.6. The van der Waals surface area contributed by atoms with Crippen molar-refractivity contribution in [2.24, 2.45) is 0 Å². The number of para-hydroxylation sites is 1. The van der Waals surface area contributed by atoms with E-state index in [1.807, 2.05) is 12.1 Å². The zero-order valence-electron chi connectivity index (χ0n) is 7.56. The number of carbonyl (C=O) groups is 2. The maximum atomic E-state index is 11.6. The smallest absolute Gasteiger partial charge is 0.299 e. The molecule has 0 atom stereocenters. The van der Waals surface area contributed by atoms with E-state index < -0.39 is 0 Å². The Morgan fingerprint density at radius 3 is 2.57 bits per heavy atom. The van der Waals surface area contributed by atoms with Crippen molar-refractivity contribution in [2.45, 2.75) is 18.9 Å². The molecule has 1 amide bonds. The minimum absolute atomic E-state index is 0.273. The summed E-state index contributed by atoms with van der Waals surface area (Å²) in [5.74, 6) is -0.707. The normalized spacial score (nSPS) is 20.1. The molecule has 3 rings (SSSR count). The van der Waals surface area contributed by atoms with Crippen LogP contribution < -0.4 is 4.90 Å². The molecule has 0 N–H and O–H groups in total. The number of benzene rings is 1. The summed E-state index contributed by atoms with van der Waals surface area (Å²) in [7, 11) is 0. The van der Waals surface area contributed by atoms with Crippen LogP contribution in [0.1, 0.15) is 23.2 Å². The lowest BCUT2D eigenvalue weighted by Crippen LogP contribution is -2.31. The first-order valence-corrected chi connectivity index (χ1v) is 4.76. The summed E-state index contributed by atoms with van der Waals surface area (Å²) in [6.07, 6.45) is 2.04. The van der Waals surface area contributed by atoms with Crippen LogP contribution in [0.3, 0.4) is 0 Å². The molecule has 1 aromatic rings. The number of nitrogens with zero attached hydrogens (tertiary/aromatic N) is 1. The number of carbonyl (C=O) groups excluding carboxylic acids is 2. The molecule has 14 heavy (non-hydrogen) atoms. The summed E-state index contributed by atoms with van der Waals surface area (Å²) in [6, 6.07) is 7.49. The second-order valence-corrected chi connectivity index (χ2v) is 3.75. The quantitative estimate of drug-likeness (QED) is 0.623. The van der Waals surface area contributed by atoms with Gasteiger partial charge in [0.2, 0.25) is 0 Å². The molecule has 70 valence electrons. The first-order chi connectivity index (χ1) is 6.79. The van der Waals surface area contributed by atoms with Gasteiger partial charge < -0.3 is 4.90 Å². The second kappa shape index (κ2) is 2.44. The van der Waals surface area contributed by atoms with Gasteiger partial charge in [-0.15, -0.1) is 0 Å². The van der Waals surface area contributed by atoms with Gasteiger partial charge in [0.25, 0.3) is 11.7 Å². The van der Waals surface area contributed by atoms with E-state index in [1.165, 1.54) is 0 Å². The summed E-state index contributed by atoms with van der Waals surface area (Å²) in [5, 5.41) is 0. The van der Waals surface area contributed by atoms with Crippen LogP contribution in [-0.2, 0) is 4.79 Å². The van der Waals surface area contributed by atoms with E-state index in [0.29, 0.717) is 5.56 Å². The molecular weight excluding hydrogens is 178 g/mol. The van der Waals surface area contributed by atoms with Crippen LogP contribution >= 0.6 is 0 Å². The van der Waals surface area contributed by atoms with Crippen LogP contribution in [-0.4, -0.2) is 17.7 Å². The fraction of sp³-hybridized carbons (Fsp3) is 0.273. The van der Waals surface area contributed by atoms with Crippen molar-refractivity contribution in [3.05, 3.63) is 29.8 Å². The molecule has 1 aliphatic carbocycles. The molecule has 2 aliphatic rings. The van der Waals surface area contributed by atoms with Gasteiger partial charge in [-0.25, -0.2) is 0 Å². The van der Waals surface area contributed by atoms with Crippen molar-refractivity contribution in [3.63, 3.8) is 0 Å². The fourth-order valence-corrected chi connectivity index (χ4v) is 1.90. The van der Waals surface area contributed by atoms with Crippen molar-refractivity contribution < 1.29 is 9.59 Å². The first kappa shape index (κ1) is 7.74. The minimum Gasteiger partial charge on any atom is -0.302 e. The number of rotatable bonds is 1. The molecule has 0 aromatic heterocycles. The van der Waals surface area contributed by atoms with Crippen molar-refractivity contribution in [1.82, 2.24) is 0 Å². The topological polar surface area (TPSA) is 37.4 Å². The summed E-state index contributed by atoms with van der Waals surface area (Å²) in [6.45, 7) is 0. The van der Waals surface area contributed by atoms with Crippen molar-refractivity contribution in [3.8, 4) is 0 Å². The zero-order valence-corrected chi connectivity index (χ0v) is 7.56. The SMILES string of the molecule is O=C1C(=O)N(C2CC2)c2ccccc21. The van der Waals surface area contributed by atoms with Gasteiger partial charge in [0.1, 0.15) is 0 Å². The molecule has 3 heteroatoms. The summed E-state index contributed by atoms with van der Waals surface area (Å²) in [5.41, 5.74) is 1.36. The van der Waals surface area contributed by atoms with Gasteiger partial charge in [-0.05, 0) is 25.0 Å². The Morgan fingerprint density at radius 1 is 1.14 bits per heavy atom. The molecule has 1 heterocycles. The largest absolute Gasteiger partial charge is 0.302 e. The van der Waals surface area contributed by atoms with E-state index in [4.69, 9.17) is 0 Å². The third-order valence-corrected chi connectivity index (χ3v) is 2.73. The Hall–Kier alpha value is -1.64. The average molecular weight is 187 g/mol. The average Bonchev–Trinajstić information content (AvgIpc) is 2.99. The predicted molar refractivity (Wildman–Crippen MR) is 51.3 cm³/mol. The van der Waals surface area contributed by atoms with Gasteiger partial charge in [0, 0.05) is 6.04 Å². The van der Waals surface area contributed by atoms with E-state index in [-0.39, 0.29) is 17.7 Å². The summed E-state index contributed by atoms with van der Waals surface area (Å²) in [4.78, 5) is 24.8. The minimum atomic E-state index is -0.354. The fourth-order valence-electron chi connectivity index (χ4n) is 1.90. The molecule has 0 unspecified atom stereocenters. The Labute approximate surface area is 81.3 Å². The van der Waals surface area contributed by atoms with Crippen LogP contribution in [0.15, 0.2) is 24.3 Å². The molecule has 1 aromatic carbocycles. The standard InChI is InChI=1S/C11H9NO2/c13-10-8-3-1-2-4-9(8)12(11(10)14)7-5-6-7/h1-4,7H,5-6H2. The molecule has 0 radical (unpaired) electrons. The van der Waals surface area contributed by atoms with Gasteiger partial charge in [-0.1, -0.05) is 12.1 Å². The van der Waals surface area contributed by atoms with Crippen molar-refractivity contribution in [2.75, 3.05) is 4.90 Å². The lowest BCUT2D eigenvalue weighted by Gasteiger charge is -2.14. The summed E-state index contributed by atoms with van der Waals surface area (Å²) >= 11 is 0. The van der Waals surface area contributed by atoms with Crippen LogP contribution in [0.5, 0.6) is 0 Å². The highest BCUT2D eigenvalue weighted by atomic mass is 16.2. The number of fused-ring (bicyclic) bond motifs is 1. The van der Waals surface area contributed by atoms with E-state index in [0.717, 1.165) is 18.5 Å². The Balaban J connectivity index is 2.17. The van der Waals surface area contributed by atoms with Crippen LogP contribution in [0.4, 0.5) is 5.69 Å². The molecule has 1 saturated carbocycles. The number of hydrogen-bond acceptors (Lipinski definition) is 2. The number of Topliss-reactive ketones (excluding diaryl/α,β-unsaturated/α-hetero) is 1. The van der Waals surface area contributed by atoms with Crippen LogP contribution in [0.2, 0.25) is 0 Å². The lowest BCUT2D eigenvalue weighted by atomic mass is 10.1. The number of hydrogen-bond donors (Lipinski definition) is 0. The van der Waals surface area contributed by atoms with E-state index in [9.17, 15) is 9.59 Å². The molecular formula is C11H9NO2. The van der Waals surface area contributed by atoms with E-state index in [2.05, 4.69) is 0 Å². The van der Waals surface area contributed by atoms with Crippen molar-refractivity contribution in [1.29, 1.82) is 0 Å². The highest BCUT2D eigenvalue weighted by molar-refractivity contribution is 6.52. The molecule has 1 fully saturated rings. The Kier molecular flexibility index (Phi) is 1.35. The number of ketones is 1. The highest BCUT2D eigenvalue weighted by Gasteiger charge is 2.43. The maximum Gasteiger partial charge on any atom is 0.299 e. The van der Waals surface area contributed by atoms with Gasteiger partial charge in [-0.2, -0.15) is 0 Å². The molecule has 0 saturated heterocycles. The third kappa shape index (κ3) is 0.867. The van der Waals surface area contributed by atoms with Gasteiger partial charge in [0.15, 0.2) is 0 Å². The Bertz CT molecular complexity index is 435. The first-order valence-electron chi connectivity index (χ1n) is 4.76. The van der Waals surface area contributed by atoms with Crippen LogP contribution in [0, 0.1) is 0 Å². The molecule has 0 bridgehead atoms. The van der Waals surface area contributed by atoms with E-state index >= 15 is 0 Å². The lowest BCUT2D eigenvalue weighted by molar-refractivity contribution is -0.114. The van der Waals surface area contributed by atoms with Crippen LogP contribution in [0.25, 0.3) is 0 Å². The molecule has 0 spiro atoms. The van der Waals surface area contributed by atoms with Crippen molar-refractivity contribution >= 4 is 17.4 Å². The molecule has 1 aliphatic heterocycles. The number of amides is 1. The second-order valence-electron chi connectivity index (χ2n) is 3.75. The van der Waals surface area contributed by atoms with Gasteiger partial charge in [-0.3, -0.25) is 9.59 Å². The Morgan fingerprint density at radius 2 is 1.86 bits per heavy atom. The van der Waals surface area contributed by atoms with E-state index in [1.54, 1.807) is 17.0 Å². The molecule has 3 nitrogen and oxygen atoms in total. The third-order valence-electron chi connectivity index (χ3n) is 2.73. The number of anilines is 1. The summed E-state index contributed by atoms with van der Waals surface area (Å²) < 4.78 is 0. The van der Waals surface area contributed by atoms with Gasteiger partial charge >= 0.3 is 0 Å². The zero-order chi connectivity index (χ0) is 9.71. The predicted octanol–water partition coefficient (Wildman–Crippen LogP) is 1.38.